The average molecular weight is 266 g/mol. The van der Waals surface area contributed by atoms with E-state index in [4.69, 9.17) is 19.3 Å². The van der Waals surface area contributed by atoms with Crippen LogP contribution in [0.2, 0.25) is 0 Å². The number of hydrogen-bond donors (Lipinski definition) is 5. The first kappa shape index (κ1) is 14.1. The van der Waals surface area contributed by atoms with E-state index in [0.29, 0.717) is 0 Å². The van der Waals surface area contributed by atoms with Gasteiger partial charge in [-0.05, 0) is 0 Å². The van der Waals surface area contributed by atoms with Crippen LogP contribution in [0.5, 0.6) is 0 Å². The number of hydrogen-bond acceptors (Lipinski definition) is 8. The Kier molecular flexibility index (Phi) is 4.51. The molecule has 2 fully saturated rings. The molecule has 106 valence electrons. The van der Waals surface area contributed by atoms with Crippen LogP contribution in [-0.2, 0) is 14.2 Å². The van der Waals surface area contributed by atoms with Crippen molar-refractivity contribution in [1.29, 1.82) is 0 Å². The van der Waals surface area contributed by atoms with Crippen molar-refractivity contribution in [2.24, 2.45) is 0 Å². The molecule has 0 amide bonds. The zero-order valence-corrected chi connectivity index (χ0v) is 9.62. The van der Waals surface area contributed by atoms with E-state index < -0.39 is 49.7 Å². The summed E-state index contributed by atoms with van der Waals surface area (Å²) in [4.78, 5) is 0. The third-order valence-electron chi connectivity index (χ3n) is 3.05. The molecule has 0 bridgehead atoms. The van der Waals surface area contributed by atoms with E-state index in [1.54, 1.807) is 0 Å². The second-order valence-electron chi connectivity index (χ2n) is 4.50. The maximum absolute atomic E-state index is 9.63. The lowest BCUT2D eigenvalue weighted by atomic mass is 10.1. The molecule has 8 nitrogen and oxygen atoms in total. The van der Waals surface area contributed by atoms with Crippen LogP contribution >= 0.6 is 0 Å². The maximum Gasteiger partial charge on any atom is 0.189 e. The van der Waals surface area contributed by atoms with Gasteiger partial charge in [-0.1, -0.05) is 0 Å². The van der Waals surface area contributed by atoms with Crippen molar-refractivity contribution < 1.29 is 39.7 Å². The van der Waals surface area contributed by atoms with Crippen LogP contribution in [0.4, 0.5) is 0 Å². The van der Waals surface area contributed by atoms with Gasteiger partial charge in [-0.2, -0.15) is 0 Å². The van der Waals surface area contributed by atoms with Crippen molar-refractivity contribution in [1.82, 2.24) is 0 Å². The van der Waals surface area contributed by atoms with Crippen molar-refractivity contribution in [2.75, 3.05) is 13.2 Å². The van der Waals surface area contributed by atoms with Crippen LogP contribution in [0.3, 0.4) is 0 Å². The molecular formula is C10H18O8. The number of aliphatic hydroxyl groups excluding tert-OH is 5. The Morgan fingerprint density at radius 3 is 2.33 bits per heavy atom. The summed E-state index contributed by atoms with van der Waals surface area (Å²) < 4.78 is 15.3. The van der Waals surface area contributed by atoms with E-state index in [2.05, 4.69) is 0 Å². The first-order valence-corrected chi connectivity index (χ1v) is 5.78. The smallest absolute Gasteiger partial charge is 0.189 e. The van der Waals surface area contributed by atoms with E-state index >= 15 is 0 Å². The van der Waals surface area contributed by atoms with Gasteiger partial charge >= 0.3 is 0 Å². The number of rotatable bonds is 3. The molecule has 2 aliphatic heterocycles. The highest BCUT2D eigenvalue weighted by Gasteiger charge is 2.45. The zero-order valence-electron chi connectivity index (χ0n) is 9.62. The largest absolute Gasteiger partial charge is 0.394 e. The molecule has 8 heteroatoms. The van der Waals surface area contributed by atoms with E-state index in [-0.39, 0.29) is 13.0 Å². The van der Waals surface area contributed by atoms with Crippen LogP contribution in [0.1, 0.15) is 6.42 Å². The minimum absolute atomic E-state index is 0.0104. The Balaban J connectivity index is 1.90. The highest BCUT2D eigenvalue weighted by atomic mass is 16.8. The first-order valence-electron chi connectivity index (χ1n) is 5.78. The fourth-order valence-electron chi connectivity index (χ4n) is 2.01. The van der Waals surface area contributed by atoms with E-state index in [1.807, 2.05) is 0 Å². The maximum atomic E-state index is 9.63. The van der Waals surface area contributed by atoms with Gasteiger partial charge in [0.05, 0.1) is 19.3 Å². The summed E-state index contributed by atoms with van der Waals surface area (Å²) in [5.41, 5.74) is 0. The predicted octanol–water partition coefficient (Wildman–Crippen LogP) is -3.09. The Morgan fingerprint density at radius 2 is 1.78 bits per heavy atom. The molecule has 0 aromatic carbocycles. The van der Waals surface area contributed by atoms with Gasteiger partial charge in [-0.15, -0.1) is 0 Å². The molecule has 0 saturated carbocycles. The summed E-state index contributed by atoms with van der Waals surface area (Å²) in [6.07, 6.45) is -7.46. The molecule has 0 spiro atoms. The predicted molar refractivity (Wildman–Crippen MR) is 55.2 cm³/mol. The van der Waals surface area contributed by atoms with E-state index in [9.17, 15) is 20.4 Å². The molecule has 0 aliphatic carbocycles. The first-order chi connectivity index (χ1) is 8.52. The van der Waals surface area contributed by atoms with E-state index in [1.165, 1.54) is 0 Å². The summed E-state index contributed by atoms with van der Waals surface area (Å²) in [5, 5.41) is 46.9. The standard InChI is InChI=1S/C10H18O8/c11-2-6-7(14)8(15)10(17-6)18-9-5(13)1-4(12)3-16-9/h4-15H,1-3H2/t4-,5+,6+,7+,8-,9+,10-/m0/s1. The fraction of sp³-hybridized carbons (Fsp3) is 1.00. The van der Waals surface area contributed by atoms with Gasteiger partial charge in [0, 0.05) is 6.42 Å². The molecule has 2 aliphatic rings. The minimum Gasteiger partial charge on any atom is -0.394 e. The van der Waals surface area contributed by atoms with Crippen molar-refractivity contribution in [3.05, 3.63) is 0 Å². The quantitative estimate of drug-likeness (QED) is 0.363. The Hall–Kier alpha value is -0.320. The number of ether oxygens (including phenoxy) is 3. The lowest BCUT2D eigenvalue weighted by molar-refractivity contribution is -0.302. The van der Waals surface area contributed by atoms with Crippen molar-refractivity contribution >= 4 is 0 Å². The highest BCUT2D eigenvalue weighted by Crippen LogP contribution is 2.26. The average Bonchev–Trinajstić information content (AvgIpc) is 2.60. The molecule has 0 radical (unpaired) electrons. The van der Waals surface area contributed by atoms with Crippen LogP contribution in [0.15, 0.2) is 0 Å². The van der Waals surface area contributed by atoms with Crippen molar-refractivity contribution in [2.45, 2.75) is 49.5 Å². The lowest BCUT2D eigenvalue weighted by Gasteiger charge is -2.32. The molecule has 2 heterocycles. The molecule has 7 atom stereocenters. The van der Waals surface area contributed by atoms with Crippen molar-refractivity contribution in [3.63, 3.8) is 0 Å². The third kappa shape index (κ3) is 2.81. The summed E-state index contributed by atoms with van der Waals surface area (Å²) in [5.74, 6) is 0. The zero-order chi connectivity index (χ0) is 13.3. The molecule has 2 saturated heterocycles. The molecule has 0 aromatic rings. The van der Waals surface area contributed by atoms with Crippen LogP contribution in [0.25, 0.3) is 0 Å². The van der Waals surface area contributed by atoms with Gasteiger partial charge in [0.15, 0.2) is 12.6 Å². The fourth-order valence-corrected chi connectivity index (χ4v) is 2.01. The van der Waals surface area contributed by atoms with Gasteiger partial charge in [-0.25, -0.2) is 0 Å². The van der Waals surface area contributed by atoms with Gasteiger partial charge < -0.3 is 39.7 Å². The normalized spacial score (nSPS) is 49.5. The summed E-state index contributed by atoms with van der Waals surface area (Å²) >= 11 is 0. The molecule has 18 heavy (non-hydrogen) atoms. The molecule has 5 N–H and O–H groups in total. The lowest BCUT2D eigenvalue weighted by Crippen LogP contribution is -2.46. The SMILES string of the molecule is OC[C@H]1O[C@@H](O[C@H]2OC[C@@H](O)C[C@H]2O)[C@@H](O)[C@@H]1O. The Labute approximate surface area is 103 Å². The summed E-state index contributed by atoms with van der Waals surface area (Å²) in [6, 6.07) is 0. The molecule has 0 aromatic heterocycles. The Morgan fingerprint density at radius 1 is 1.06 bits per heavy atom. The summed E-state index contributed by atoms with van der Waals surface area (Å²) in [6.45, 7) is -0.443. The van der Waals surface area contributed by atoms with Crippen LogP contribution in [-0.4, -0.2) is 81.8 Å². The van der Waals surface area contributed by atoms with Gasteiger partial charge in [-0.3, -0.25) is 0 Å². The Bertz CT molecular complexity index is 275. The topological polar surface area (TPSA) is 129 Å². The van der Waals surface area contributed by atoms with Gasteiger partial charge in [0.2, 0.25) is 0 Å². The molecular weight excluding hydrogens is 248 g/mol. The second-order valence-corrected chi connectivity index (χ2v) is 4.50. The molecule has 2 rings (SSSR count). The van der Waals surface area contributed by atoms with Crippen LogP contribution in [0, 0.1) is 0 Å². The van der Waals surface area contributed by atoms with Gasteiger partial charge in [0.1, 0.15) is 24.4 Å². The summed E-state index contributed by atoms with van der Waals surface area (Å²) in [7, 11) is 0. The molecule has 0 unspecified atom stereocenters. The minimum atomic E-state index is -1.33. The second kappa shape index (κ2) is 5.76. The van der Waals surface area contributed by atoms with Gasteiger partial charge in [0.25, 0.3) is 0 Å². The van der Waals surface area contributed by atoms with Crippen molar-refractivity contribution in [3.8, 4) is 0 Å². The van der Waals surface area contributed by atoms with Crippen LogP contribution < -0.4 is 0 Å². The highest BCUT2D eigenvalue weighted by molar-refractivity contribution is 4.87. The third-order valence-corrected chi connectivity index (χ3v) is 3.05. The monoisotopic (exact) mass is 266 g/mol. The van der Waals surface area contributed by atoms with E-state index in [0.717, 1.165) is 0 Å². The number of aliphatic hydroxyl groups is 5.